The Hall–Kier alpha value is -3.44. The molecule has 0 spiro atoms. The second-order valence-electron chi connectivity index (χ2n) is 5.39. The fourth-order valence-electron chi connectivity index (χ4n) is 2.50. The van der Waals surface area contributed by atoms with Crippen LogP contribution < -0.4 is 10.8 Å². The molecule has 3 aromatic rings. The second-order valence-corrected chi connectivity index (χ2v) is 5.39. The average molecular weight is 332 g/mol. The zero-order chi connectivity index (χ0) is 17.6. The lowest BCUT2D eigenvalue weighted by atomic mass is 10.0. The van der Waals surface area contributed by atoms with Gasteiger partial charge < -0.3 is 5.32 Å². The fourth-order valence-corrected chi connectivity index (χ4v) is 2.50. The van der Waals surface area contributed by atoms with E-state index >= 15 is 0 Å². The van der Waals surface area contributed by atoms with Crippen molar-refractivity contribution < 1.29 is 14.8 Å². The molecular formula is C20H16N2O3. The third-order valence-electron chi connectivity index (χ3n) is 3.76. The van der Waals surface area contributed by atoms with E-state index in [0.717, 1.165) is 11.1 Å². The van der Waals surface area contributed by atoms with Gasteiger partial charge in [0.05, 0.1) is 11.3 Å². The summed E-state index contributed by atoms with van der Waals surface area (Å²) >= 11 is 0. The lowest BCUT2D eigenvalue weighted by Crippen LogP contribution is -2.22. The van der Waals surface area contributed by atoms with Crippen LogP contribution in [-0.4, -0.2) is 17.0 Å². The number of hydrogen-bond acceptors (Lipinski definition) is 3. The highest BCUT2D eigenvalue weighted by Crippen LogP contribution is 2.26. The first-order valence-electron chi connectivity index (χ1n) is 7.69. The second kappa shape index (κ2) is 7.42. The Morgan fingerprint density at radius 1 is 0.720 bits per heavy atom. The minimum absolute atomic E-state index is 0.173. The number of hydrogen-bond donors (Lipinski definition) is 3. The van der Waals surface area contributed by atoms with Gasteiger partial charge in [0.25, 0.3) is 11.8 Å². The van der Waals surface area contributed by atoms with Crippen molar-refractivity contribution in [2.45, 2.75) is 0 Å². The Morgan fingerprint density at radius 2 is 1.36 bits per heavy atom. The molecule has 0 aromatic heterocycles. The van der Waals surface area contributed by atoms with Crippen molar-refractivity contribution in [1.82, 2.24) is 5.48 Å². The monoisotopic (exact) mass is 332 g/mol. The fraction of sp³-hybridized carbons (Fsp3) is 0. The zero-order valence-corrected chi connectivity index (χ0v) is 13.3. The third-order valence-corrected chi connectivity index (χ3v) is 3.76. The molecule has 0 saturated heterocycles. The largest absolute Gasteiger partial charge is 0.321 e. The molecule has 5 heteroatoms. The van der Waals surface area contributed by atoms with E-state index in [0.29, 0.717) is 11.3 Å². The summed E-state index contributed by atoms with van der Waals surface area (Å²) in [5.41, 5.74) is 4.37. The topological polar surface area (TPSA) is 78.4 Å². The number of anilines is 1. The van der Waals surface area contributed by atoms with E-state index in [1.807, 2.05) is 36.4 Å². The summed E-state index contributed by atoms with van der Waals surface area (Å²) in [4.78, 5) is 24.3. The Morgan fingerprint density at radius 3 is 2.00 bits per heavy atom. The Kier molecular flexibility index (Phi) is 4.87. The number of benzene rings is 3. The molecule has 3 aromatic carbocycles. The molecule has 0 heterocycles. The maximum absolute atomic E-state index is 12.4. The van der Waals surface area contributed by atoms with Crippen LogP contribution in [0, 0.1) is 0 Å². The molecule has 0 saturated carbocycles. The van der Waals surface area contributed by atoms with Gasteiger partial charge in [-0.15, -0.1) is 0 Å². The lowest BCUT2D eigenvalue weighted by Gasteiger charge is -2.12. The Bertz CT molecular complexity index is 893. The number of rotatable bonds is 4. The average Bonchev–Trinajstić information content (AvgIpc) is 2.68. The Balaban J connectivity index is 1.99. The maximum atomic E-state index is 12.4. The predicted molar refractivity (Wildman–Crippen MR) is 95.5 cm³/mol. The highest BCUT2D eigenvalue weighted by molar-refractivity contribution is 6.09. The normalized spacial score (nSPS) is 10.1. The summed E-state index contributed by atoms with van der Waals surface area (Å²) in [5.74, 6) is -1.03. The van der Waals surface area contributed by atoms with Gasteiger partial charge in [-0.2, -0.15) is 0 Å². The smallest absolute Gasteiger partial charge is 0.276 e. The number of carbonyl (C=O) groups excluding carboxylic acids is 2. The molecule has 0 radical (unpaired) electrons. The van der Waals surface area contributed by atoms with Gasteiger partial charge in [-0.25, -0.2) is 5.48 Å². The van der Waals surface area contributed by atoms with Crippen molar-refractivity contribution >= 4 is 17.5 Å². The van der Waals surface area contributed by atoms with Gasteiger partial charge in [-0.3, -0.25) is 14.8 Å². The van der Waals surface area contributed by atoms with Crippen LogP contribution in [0.25, 0.3) is 11.1 Å². The molecule has 3 N–H and O–H groups in total. The minimum Gasteiger partial charge on any atom is -0.321 e. The van der Waals surface area contributed by atoms with Crippen molar-refractivity contribution in [2.24, 2.45) is 0 Å². The van der Waals surface area contributed by atoms with E-state index < -0.39 is 5.91 Å². The maximum Gasteiger partial charge on any atom is 0.276 e. The standard InChI is InChI=1S/C20H16N2O3/c23-19(15-9-5-2-6-10-15)21-18-13-16(14-7-3-1-4-8-14)11-12-17(18)20(24)22-25/h1-13,25H,(H,21,23)(H,22,24). The van der Waals surface area contributed by atoms with E-state index in [4.69, 9.17) is 5.21 Å². The molecule has 124 valence electrons. The van der Waals surface area contributed by atoms with Crippen LogP contribution >= 0.6 is 0 Å². The number of hydroxylamine groups is 1. The highest BCUT2D eigenvalue weighted by atomic mass is 16.5. The first kappa shape index (κ1) is 16.4. The van der Waals surface area contributed by atoms with Crippen LogP contribution in [0.15, 0.2) is 78.9 Å². The summed E-state index contributed by atoms with van der Waals surface area (Å²) in [7, 11) is 0. The summed E-state index contributed by atoms with van der Waals surface area (Å²) in [6.07, 6.45) is 0. The van der Waals surface area contributed by atoms with Gasteiger partial charge in [0, 0.05) is 5.56 Å². The summed E-state index contributed by atoms with van der Waals surface area (Å²) < 4.78 is 0. The molecule has 0 aliphatic heterocycles. The summed E-state index contributed by atoms with van der Waals surface area (Å²) in [6, 6.07) is 23.3. The highest BCUT2D eigenvalue weighted by Gasteiger charge is 2.15. The van der Waals surface area contributed by atoms with E-state index in [1.165, 1.54) is 0 Å². The first-order valence-corrected chi connectivity index (χ1v) is 7.69. The van der Waals surface area contributed by atoms with Gasteiger partial charge in [-0.05, 0) is 35.4 Å². The van der Waals surface area contributed by atoms with Crippen LogP contribution in [0.3, 0.4) is 0 Å². The van der Waals surface area contributed by atoms with Crippen LogP contribution in [0.2, 0.25) is 0 Å². The van der Waals surface area contributed by atoms with Gasteiger partial charge in [-0.1, -0.05) is 54.6 Å². The van der Waals surface area contributed by atoms with Gasteiger partial charge in [0.15, 0.2) is 0 Å². The molecule has 0 aliphatic rings. The molecule has 25 heavy (non-hydrogen) atoms. The molecule has 2 amide bonds. The quantitative estimate of drug-likeness (QED) is 0.503. The van der Waals surface area contributed by atoms with Crippen molar-refractivity contribution in [3.63, 3.8) is 0 Å². The van der Waals surface area contributed by atoms with Crippen molar-refractivity contribution in [1.29, 1.82) is 0 Å². The molecule has 0 bridgehead atoms. The first-order chi connectivity index (χ1) is 12.2. The molecule has 0 fully saturated rings. The van der Waals surface area contributed by atoms with Crippen LogP contribution in [0.1, 0.15) is 20.7 Å². The SMILES string of the molecule is O=C(Nc1cc(-c2ccccc2)ccc1C(=O)NO)c1ccccc1. The van der Waals surface area contributed by atoms with Gasteiger partial charge in [0.2, 0.25) is 0 Å². The van der Waals surface area contributed by atoms with Crippen molar-refractivity contribution in [3.8, 4) is 11.1 Å². The Labute approximate surface area is 144 Å². The number of amides is 2. The minimum atomic E-state index is -0.692. The molecule has 0 aliphatic carbocycles. The third kappa shape index (κ3) is 3.73. The molecule has 0 unspecified atom stereocenters. The van der Waals surface area contributed by atoms with E-state index in [-0.39, 0.29) is 11.5 Å². The van der Waals surface area contributed by atoms with E-state index in [1.54, 1.807) is 47.9 Å². The van der Waals surface area contributed by atoms with Crippen LogP contribution in [0.4, 0.5) is 5.69 Å². The van der Waals surface area contributed by atoms with Gasteiger partial charge >= 0.3 is 0 Å². The van der Waals surface area contributed by atoms with Crippen molar-refractivity contribution in [2.75, 3.05) is 5.32 Å². The summed E-state index contributed by atoms with van der Waals surface area (Å²) in [5, 5.41) is 11.7. The van der Waals surface area contributed by atoms with Crippen LogP contribution in [0.5, 0.6) is 0 Å². The number of carbonyl (C=O) groups is 2. The zero-order valence-electron chi connectivity index (χ0n) is 13.3. The lowest BCUT2D eigenvalue weighted by molar-refractivity contribution is 0.0707. The molecule has 5 nitrogen and oxygen atoms in total. The molecule has 3 rings (SSSR count). The van der Waals surface area contributed by atoms with Crippen molar-refractivity contribution in [3.05, 3.63) is 90.0 Å². The van der Waals surface area contributed by atoms with E-state index in [9.17, 15) is 9.59 Å². The molecule has 0 atom stereocenters. The molecular weight excluding hydrogens is 316 g/mol. The number of nitrogens with one attached hydrogen (secondary N) is 2. The van der Waals surface area contributed by atoms with E-state index in [2.05, 4.69) is 5.32 Å². The predicted octanol–water partition coefficient (Wildman–Crippen LogP) is 3.72. The van der Waals surface area contributed by atoms with Crippen LogP contribution in [-0.2, 0) is 0 Å². The summed E-state index contributed by atoms with van der Waals surface area (Å²) in [6.45, 7) is 0. The van der Waals surface area contributed by atoms with Gasteiger partial charge in [0.1, 0.15) is 0 Å².